The molecule has 2 heterocycles. The molecule has 1 unspecified atom stereocenters. The van der Waals surface area contributed by atoms with Gasteiger partial charge in [-0.05, 0) is 67.7 Å². The standard InChI is InChI=1S/C17H21N3OS/c1-10-9-17(2,3)20(4)14-6-5-11(7-12(10)14)8-13-15(21)19-16(22)18-13/h5-8,10H,9H2,1-4H3,(H2,18,19,21,22)/b13-8-. The van der Waals surface area contributed by atoms with Crippen LogP contribution in [0.1, 0.15) is 44.2 Å². The maximum absolute atomic E-state index is 11.7. The Hall–Kier alpha value is -1.88. The smallest absolute Gasteiger partial charge is 0.273 e. The quantitative estimate of drug-likeness (QED) is 0.618. The molecule has 0 aliphatic carbocycles. The predicted octanol–water partition coefficient (Wildman–Crippen LogP) is 2.75. The van der Waals surface area contributed by atoms with Gasteiger partial charge in [-0.1, -0.05) is 13.0 Å². The molecule has 1 fully saturated rings. The molecule has 22 heavy (non-hydrogen) atoms. The fraction of sp³-hybridized carbons (Fsp3) is 0.412. The molecule has 1 atom stereocenters. The molecule has 1 aromatic carbocycles. The molecular weight excluding hydrogens is 294 g/mol. The average Bonchev–Trinajstić information content (AvgIpc) is 2.74. The molecule has 0 radical (unpaired) electrons. The van der Waals surface area contributed by atoms with Gasteiger partial charge in [0.25, 0.3) is 5.91 Å². The van der Waals surface area contributed by atoms with Gasteiger partial charge in [0.15, 0.2) is 5.11 Å². The third-order valence-corrected chi connectivity index (χ3v) is 4.89. The third kappa shape index (κ3) is 2.50. The lowest BCUT2D eigenvalue weighted by molar-refractivity contribution is -0.115. The van der Waals surface area contributed by atoms with Gasteiger partial charge < -0.3 is 10.2 Å². The Morgan fingerprint density at radius 1 is 1.36 bits per heavy atom. The summed E-state index contributed by atoms with van der Waals surface area (Å²) in [4.78, 5) is 14.1. The highest BCUT2D eigenvalue weighted by Gasteiger charge is 2.34. The zero-order valence-corrected chi connectivity index (χ0v) is 14.2. The van der Waals surface area contributed by atoms with Crippen LogP contribution in [-0.2, 0) is 4.79 Å². The Kier molecular flexibility index (Phi) is 3.48. The fourth-order valence-electron chi connectivity index (χ4n) is 3.33. The molecule has 0 bridgehead atoms. The second kappa shape index (κ2) is 5.09. The van der Waals surface area contributed by atoms with Crippen molar-refractivity contribution in [1.82, 2.24) is 10.6 Å². The Morgan fingerprint density at radius 3 is 2.73 bits per heavy atom. The van der Waals surface area contributed by atoms with Gasteiger partial charge in [-0.25, -0.2) is 0 Å². The number of hydrogen-bond acceptors (Lipinski definition) is 3. The lowest BCUT2D eigenvalue weighted by atomic mass is 9.80. The van der Waals surface area contributed by atoms with Crippen molar-refractivity contribution in [1.29, 1.82) is 0 Å². The van der Waals surface area contributed by atoms with Crippen LogP contribution >= 0.6 is 12.2 Å². The minimum Gasteiger partial charge on any atom is -0.369 e. The van der Waals surface area contributed by atoms with Gasteiger partial charge in [0.2, 0.25) is 0 Å². The van der Waals surface area contributed by atoms with Crippen LogP contribution in [0.25, 0.3) is 6.08 Å². The Labute approximate surface area is 136 Å². The molecular formula is C17H21N3OS. The van der Waals surface area contributed by atoms with Gasteiger partial charge in [-0.2, -0.15) is 0 Å². The van der Waals surface area contributed by atoms with Crippen molar-refractivity contribution in [2.45, 2.75) is 38.6 Å². The van der Waals surface area contributed by atoms with Crippen molar-refractivity contribution in [3.8, 4) is 0 Å². The first-order chi connectivity index (χ1) is 10.3. The van der Waals surface area contributed by atoms with Crippen LogP contribution in [-0.4, -0.2) is 23.6 Å². The van der Waals surface area contributed by atoms with Crippen LogP contribution in [0.4, 0.5) is 5.69 Å². The van der Waals surface area contributed by atoms with E-state index < -0.39 is 0 Å². The Morgan fingerprint density at radius 2 is 2.09 bits per heavy atom. The van der Waals surface area contributed by atoms with Crippen molar-refractivity contribution in [3.05, 3.63) is 35.0 Å². The van der Waals surface area contributed by atoms with Crippen molar-refractivity contribution in [2.75, 3.05) is 11.9 Å². The molecule has 4 nitrogen and oxygen atoms in total. The normalized spacial score (nSPS) is 25.0. The van der Waals surface area contributed by atoms with Crippen molar-refractivity contribution >= 4 is 35.0 Å². The highest BCUT2D eigenvalue weighted by Crippen LogP contribution is 2.42. The molecule has 0 aromatic heterocycles. The summed E-state index contributed by atoms with van der Waals surface area (Å²) in [5.41, 5.74) is 4.27. The second-order valence-corrected chi connectivity index (χ2v) is 7.17. The molecule has 2 aliphatic heterocycles. The van der Waals surface area contributed by atoms with Gasteiger partial charge in [0.05, 0.1) is 0 Å². The summed E-state index contributed by atoms with van der Waals surface area (Å²) < 4.78 is 0. The number of benzene rings is 1. The molecule has 0 saturated carbocycles. The van der Waals surface area contributed by atoms with Crippen LogP contribution < -0.4 is 15.5 Å². The minimum atomic E-state index is -0.172. The maximum atomic E-state index is 11.7. The lowest BCUT2D eigenvalue weighted by Crippen LogP contribution is -2.45. The molecule has 1 aromatic rings. The highest BCUT2D eigenvalue weighted by atomic mass is 32.1. The van der Waals surface area contributed by atoms with Crippen LogP contribution in [0.3, 0.4) is 0 Å². The zero-order valence-electron chi connectivity index (χ0n) is 13.4. The molecule has 2 N–H and O–H groups in total. The topological polar surface area (TPSA) is 44.4 Å². The van der Waals surface area contributed by atoms with Gasteiger partial charge in [0, 0.05) is 18.3 Å². The van der Waals surface area contributed by atoms with E-state index in [1.165, 1.54) is 11.3 Å². The van der Waals surface area contributed by atoms with Crippen LogP contribution in [0.5, 0.6) is 0 Å². The average molecular weight is 315 g/mol. The van der Waals surface area contributed by atoms with E-state index in [2.05, 4.69) is 55.5 Å². The first-order valence-corrected chi connectivity index (χ1v) is 7.90. The van der Waals surface area contributed by atoms with Crippen molar-refractivity contribution in [3.63, 3.8) is 0 Å². The van der Waals surface area contributed by atoms with Crippen LogP contribution in [0.15, 0.2) is 23.9 Å². The SMILES string of the molecule is CC1CC(C)(C)N(C)c2ccc(/C=C3\NC(=S)NC3=O)cc21. The van der Waals surface area contributed by atoms with E-state index in [0.29, 0.717) is 16.7 Å². The van der Waals surface area contributed by atoms with E-state index in [-0.39, 0.29) is 11.4 Å². The van der Waals surface area contributed by atoms with E-state index in [9.17, 15) is 4.79 Å². The summed E-state index contributed by atoms with van der Waals surface area (Å²) in [6.45, 7) is 6.81. The number of carbonyl (C=O) groups excluding carboxylic acids is 1. The summed E-state index contributed by atoms with van der Waals surface area (Å²) >= 11 is 4.96. The molecule has 1 saturated heterocycles. The first kappa shape index (κ1) is 15.0. The van der Waals surface area contributed by atoms with Crippen LogP contribution in [0, 0.1) is 0 Å². The predicted molar refractivity (Wildman–Crippen MR) is 93.8 cm³/mol. The molecule has 0 spiro atoms. The number of thiocarbonyl (C=S) groups is 1. The third-order valence-electron chi connectivity index (χ3n) is 4.69. The van der Waals surface area contributed by atoms with E-state index in [1.54, 1.807) is 0 Å². The number of nitrogens with zero attached hydrogens (tertiary/aromatic N) is 1. The Balaban J connectivity index is 1.98. The largest absolute Gasteiger partial charge is 0.369 e. The number of amides is 1. The van der Waals surface area contributed by atoms with Gasteiger partial charge in [-0.3, -0.25) is 10.1 Å². The number of rotatable bonds is 1. The molecule has 2 aliphatic rings. The van der Waals surface area contributed by atoms with E-state index in [1.807, 2.05) is 12.1 Å². The lowest BCUT2D eigenvalue weighted by Gasteiger charge is -2.45. The monoisotopic (exact) mass is 315 g/mol. The van der Waals surface area contributed by atoms with E-state index >= 15 is 0 Å². The maximum Gasteiger partial charge on any atom is 0.273 e. The summed E-state index contributed by atoms with van der Waals surface area (Å²) in [7, 11) is 2.15. The first-order valence-electron chi connectivity index (χ1n) is 7.50. The highest BCUT2D eigenvalue weighted by molar-refractivity contribution is 7.80. The molecule has 1 amide bonds. The molecule has 5 heteroatoms. The van der Waals surface area contributed by atoms with Gasteiger partial charge in [0.1, 0.15) is 5.70 Å². The van der Waals surface area contributed by atoms with Gasteiger partial charge >= 0.3 is 0 Å². The summed E-state index contributed by atoms with van der Waals surface area (Å²) in [5.74, 6) is 0.319. The molecule has 3 rings (SSSR count). The Bertz CT molecular complexity index is 693. The summed E-state index contributed by atoms with van der Waals surface area (Å²) in [5, 5.41) is 5.83. The van der Waals surface area contributed by atoms with Crippen molar-refractivity contribution in [2.24, 2.45) is 0 Å². The summed E-state index contributed by atoms with van der Waals surface area (Å²) in [6.07, 6.45) is 2.96. The van der Waals surface area contributed by atoms with Crippen LogP contribution in [0.2, 0.25) is 0 Å². The number of carbonyl (C=O) groups is 1. The second-order valence-electron chi connectivity index (χ2n) is 6.76. The number of anilines is 1. The molecule has 116 valence electrons. The van der Waals surface area contributed by atoms with E-state index in [4.69, 9.17) is 12.2 Å². The zero-order chi connectivity index (χ0) is 16.1. The number of fused-ring (bicyclic) bond motifs is 1. The van der Waals surface area contributed by atoms with E-state index in [0.717, 1.165) is 12.0 Å². The number of hydrogen-bond donors (Lipinski definition) is 2. The minimum absolute atomic E-state index is 0.158. The van der Waals surface area contributed by atoms with Gasteiger partial charge in [-0.15, -0.1) is 0 Å². The summed E-state index contributed by atoms with van der Waals surface area (Å²) in [6, 6.07) is 6.37. The fourth-order valence-corrected chi connectivity index (χ4v) is 3.54. The number of nitrogens with one attached hydrogen (secondary N) is 2. The van der Waals surface area contributed by atoms with Crippen molar-refractivity contribution < 1.29 is 4.79 Å².